The van der Waals surface area contributed by atoms with Crippen molar-refractivity contribution in [1.29, 1.82) is 0 Å². The molecule has 0 unspecified atom stereocenters. The molecule has 11 heteroatoms. The molecule has 9 nitrogen and oxygen atoms in total. The Morgan fingerprint density at radius 1 is 0.618 bits per heavy atom. The highest BCUT2D eigenvalue weighted by Gasteiger charge is 2.30. The number of hydrogen-bond acceptors (Lipinski definition) is 6. The summed E-state index contributed by atoms with van der Waals surface area (Å²) in [6, 6.07) is 17.5. The third-order valence-corrected chi connectivity index (χ3v) is 7.97. The van der Waals surface area contributed by atoms with E-state index in [-0.39, 0.29) is 40.1 Å². The van der Waals surface area contributed by atoms with Crippen molar-refractivity contribution in [3.05, 3.63) is 78.4 Å². The molecule has 34 heavy (non-hydrogen) atoms. The van der Waals surface area contributed by atoms with Gasteiger partial charge in [0.1, 0.15) is 0 Å². The van der Waals surface area contributed by atoms with E-state index in [0.717, 1.165) is 10.5 Å². The summed E-state index contributed by atoms with van der Waals surface area (Å²) >= 11 is 0. The van der Waals surface area contributed by atoms with Crippen LogP contribution in [0.25, 0.3) is 0 Å². The van der Waals surface area contributed by atoms with Crippen LogP contribution in [0.15, 0.2) is 82.6 Å². The Balaban J connectivity index is 1.47. The number of benzene rings is 3. The number of nitrogens with zero attached hydrogens (tertiary/aromatic N) is 1. The van der Waals surface area contributed by atoms with E-state index in [1.165, 1.54) is 48.5 Å². The van der Waals surface area contributed by atoms with Gasteiger partial charge in [-0.15, -0.1) is 0 Å². The normalized spacial score (nSPS) is 14.3. The van der Waals surface area contributed by atoms with E-state index in [1.54, 1.807) is 24.3 Å². The molecule has 0 aromatic heterocycles. The minimum absolute atomic E-state index is 0.0275. The summed E-state index contributed by atoms with van der Waals surface area (Å²) in [5.41, 5.74) is 1.88. The quantitative estimate of drug-likeness (QED) is 0.480. The van der Waals surface area contributed by atoms with Crippen molar-refractivity contribution >= 4 is 48.9 Å². The first kappa shape index (κ1) is 23.5. The summed E-state index contributed by atoms with van der Waals surface area (Å²) in [4.78, 5) is 24.6. The average Bonchev–Trinajstić information content (AvgIpc) is 3.13. The van der Waals surface area contributed by atoms with Gasteiger partial charge >= 0.3 is 0 Å². The van der Waals surface area contributed by atoms with Crippen LogP contribution in [0.2, 0.25) is 0 Å². The number of aryl methyl sites for hydroxylation is 1. The van der Waals surface area contributed by atoms with Crippen LogP contribution in [-0.4, -0.2) is 28.6 Å². The van der Waals surface area contributed by atoms with Gasteiger partial charge in [0.05, 0.1) is 15.5 Å². The standard InChI is InChI=1S/C23H21N3O6S2/c1-16-2-4-17(5-3-16)24-33(29,30)20-10-6-18(7-11-20)25-34(31,32)21-12-8-19(9-13-21)26-22(27)14-15-23(26)28/h2-13,24-25H,14-15H2,1H3. The Kier molecular flexibility index (Phi) is 6.15. The van der Waals surface area contributed by atoms with Gasteiger partial charge in [0.25, 0.3) is 20.0 Å². The lowest BCUT2D eigenvalue weighted by atomic mass is 10.2. The fraction of sp³-hybridized carbons (Fsp3) is 0.130. The van der Waals surface area contributed by atoms with E-state index in [4.69, 9.17) is 0 Å². The number of amides is 2. The molecule has 0 aliphatic carbocycles. The van der Waals surface area contributed by atoms with Crippen LogP contribution in [0.1, 0.15) is 18.4 Å². The molecule has 1 aliphatic heterocycles. The number of carbonyl (C=O) groups is 2. The zero-order valence-corrected chi connectivity index (χ0v) is 19.7. The number of hydrogen-bond donors (Lipinski definition) is 2. The summed E-state index contributed by atoms with van der Waals surface area (Å²) in [5, 5.41) is 0. The van der Waals surface area contributed by atoms with Crippen LogP contribution in [0.3, 0.4) is 0 Å². The van der Waals surface area contributed by atoms with Gasteiger partial charge in [0.15, 0.2) is 0 Å². The number of rotatable bonds is 7. The van der Waals surface area contributed by atoms with Gasteiger partial charge in [-0.05, 0) is 67.6 Å². The second-order valence-electron chi connectivity index (χ2n) is 7.72. The van der Waals surface area contributed by atoms with Crippen molar-refractivity contribution in [1.82, 2.24) is 0 Å². The highest BCUT2D eigenvalue weighted by molar-refractivity contribution is 7.93. The van der Waals surface area contributed by atoms with Crippen molar-refractivity contribution in [3.63, 3.8) is 0 Å². The Labute approximate surface area is 197 Å². The summed E-state index contributed by atoms with van der Waals surface area (Å²) < 4.78 is 55.5. The van der Waals surface area contributed by atoms with E-state index in [2.05, 4.69) is 9.44 Å². The first-order chi connectivity index (χ1) is 16.0. The molecule has 0 atom stereocenters. The van der Waals surface area contributed by atoms with Gasteiger partial charge in [-0.3, -0.25) is 23.9 Å². The second kappa shape index (κ2) is 8.92. The highest BCUT2D eigenvalue weighted by atomic mass is 32.2. The van der Waals surface area contributed by atoms with Crippen molar-refractivity contribution in [2.45, 2.75) is 29.6 Å². The largest absolute Gasteiger partial charge is 0.280 e. The molecular formula is C23H21N3O6S2. The molecule has 0 saturated carbocycles. The number of sulfonamides is 2. The maximum atomic E-state index is 12.7. The molecule has 4 rings (SSSR count). The predicted octanol–water partition coefficient (Wildman–Crippen LogP) is 3.25. The lowest BCUT2D eigenvalue weighted by molar-refractivity contribution is -0.121. The van der Waals surface area contributed by atoms with Crippen LogP contribution in [0.5, 0.6) is 0 Å². The van der Waals surface area contributed by atoms with Crippen molar-refractivity contribution < 1.29 is 26.4 Å². The van der Waals surface area contributed by atoms with Crippen LogP contribution in [-0.2, 0) is 29.6 Å². The third-order valence-electron chi connectivity index (χ3n) is 5.18. The molecule has 1 fully saturated rings. The van der Waals surface area contributed by atoms with Gasteiger partial charge in [-0.1, -0.05) is 17.7 Å². The molecule has 176 valence electrons. The molecule has 2 amide bonds. The zero-order chi connectivity index (χ0) is 24.5. The average molecular weight is 500 g/mol. The van der Waals surface area contributed by atoms with Gasteiger partial charge in [-0.25, -0.2) is 16.8 Å². The first-order valence-corrected chi connectivity index (χ1v) is 13.2. The summed E-state index contributed by atoms with van der Waals surface area (Å²) in [5.74, 6) is -0.656. The van der Waals surface area contributed by atoms with Crippen molar-refractivity contribution in [3.8, 4) is 0 Å². The molecule has 3 aromatic rings. The molecular weight excluding hydrogens is 478 g/mol. The van der Waals surface area contributed by atoms with Crippen LogP contribution in [0.4, 0.5) is 17.1 Å². The second-order valence-corrected chi connectivity index (χ2v) is 11.1. The number of nitrogens with one attached hydrogen (secondary N) is 2. The molecule has 3 aromatic carbocycles. The van der Waals surface area contributed by atoms with E-state index in [0.29, 0.717) is 11.4 Å². The van der Waals surface area contributed by atoms with Crippen LogP contribution >= 0.6 is 0 Å². The van der Waals surface area contributed by atoms with Gasteiger partial charge in [-0.2, -0.15) is 0 Å². The molecule has 2 N–H and O–H groups in total. The Morgan fingerprint density at radius 3 is 1.44 bits per heavy atom. The maximum absolute atomic E-state index is 12.7. The van der Waals surface area contributed by atoms with Crippen molar-refractivity contribution in [2.24, 2.45) is 0 Å². The number of anilines is 3. The van der Waals surface area contributed by atoms with Crippen LogP contribution in [0, 0.1) is 6.92 Å². The lowest BCUT2D eigenvalue weighted by Gasteiger charge is -2.14. The van der Waals surface area contributed by atoms with Crippen molar-refractivity contribution in [2.75, 3.05) is 14.3 Å². The Morgan fingerprint density at radius 2 is 1.00 bits per heavy atom. The minimum Gasteiger partial charge on any atom is -0.280 e. The molecule has 0 radical (unpaired) electrons. The smallest absolute Gasteiger partial charge is 0.261 e. The summed E-state index contributed by atoms with van der Waals surface area (Å²) in [7, 11) is -7.83. The molecule has 1 saturated heterocycles. The Bertz CT molecular complexity index is 1430. The lowest BCUT2D eigenvalue weighted by Crippen LogP contribution is -2.28. The van der Waals surface area contributed by atoms with Gasteiger partial charge in [0.2, 0.25) is 11.8 Å². The molecule has 1 aliphatic rings. The monoisotopic (exact) mass is 499 g/mol. The Hall–Kier alpha value is -3.70. The van der Waals surface area contributed by atoms with E-state index in [1.807, 2.05) is 6.92 Å². The zero-order valence-electron chi connectivity index (χ0n) is 18.1. The number of carbonyl (C=O) groups excluding carboxylic acids is 2. The summed E-state index contributed by atoms with van der Waals surface area (Å²) in [6.45, 7) is 1.89. The topological polar surface area (TPSA) is 130 Å². The molecule has 0 spiro atoms. The fourth-order valence-corrected chi connectivity index (χ4v) is 5.51. The van der Waals surface area contributed by atoms with E-state index >= 15 is 0 Å². The van der Waals surface area contributed by atoms with Gasteiger partial charge in [0, 0.05) is 24.2 Å². The SMILES string of the molecule is Cc1ccc(NS(=O)(=O)c2ccc(NS(=O)(=O)c3ccc(N4C(=O)CCC4=O)cc3)cc2)cc1. The van der Waals surface area contributed by atoms with E-state index < -0.39 is 20.0 Å². The fourth-order valence-electron chi connectivity index (χ4n) is 3.39. The van der Waals surface area contributed by atoms with Crippen LogP contribution < -0.4 is 14.3 Å². The minimum atomic E-state index is -3.99. The highest BCUT2D eigenvalue weighted by Crippen LogP contribution is 2.25. The predicted molar refractivity (Wildman–Crippen MR) is 127 cm³/mol. The maximum Gasteiger partial charge on any atom is 0.261 e. The molecule has 1 heterocycles. The number of imide groups is 1. The molecule has 0 bridgehead atoms. The third kappa shape index (κ3) is 4.95. The van der Waals surface area contributed by atoms with Gasteiger partial charge < -0.3 is 0 Å². The van der Waals surface area contributed by atoms with E-state index in [9.17, 15) is 26.4 Å². The first-order valence-electron chi connectivity index (χ1n) is 10.2. The summed E-state index contributed by atoms with van der Waals surface area (Å²) in [6.07, 6.45) is 0.263.